The molecule has 0 spiro atoms. The van der Waals surface area contributed by atoms with Gasteiger partial charge in [0, 0.05) is 20.0 Å². The van der Waals surface area contributed by atoms with Crippen LogP contribution in [0.15, 0.2) is 4.99 Å². The average Bonchev–Trinajstić information content (AvgIpc) is 2.46. The first-order valence-corrected chi connectivity index (χ1v) is 5.09. The molecule has 0 N–H and O–H groups in total. The third-order valence-electron chi connectivity index (χ3n) is 2.42. The van der Waals surface area contributed by atoms with Gasteiger partial charge in [0.25, 0.3) is 0 Å². The fourth-order valence-corrected chi connectivity index (χ4v) is 1.56. The first-order chi connectivity index (χ1) is 5.84. The lowest BCUT2D eigenvalue weighted by molar-refractivity contribution is 0.537. The zero-order valence-electron chi connectivity index (χ0n) is 8.34. The van der Waals surface area contributed by atoms with Crippen molar-refractivity contribution in [2.45, 2.75) is 39.0 Å². The van der Waals surface area contributed by atoms with E-state index >= 15 is 0 Å². The first-order valence-electron chi connectivity index (χ1n) is 5.09. The van der Waals surface area contributed by atoms with Gasteiger partial charge in [0.1, 0.15) is 0 Å². The second kappa shape index (κ2) is 5.18. The molecule has 2 heteroatoms. The topological polar surface area (TPSA) is 15.6 Å². The van der Waals surface area contributed by atoms with E-state index in [0.717, 1.165) is 13.1 Å². The number of unbranched alkanes of at least 4 members (excludes halogenated alkanes) is 3. The standard InChI is InChI=1S/C10H20N2/c1-3-4-5-6-7-10-11-8-9-12(10)2/h3-9H2,1-2H3. The molecule has 1 rings (SSSR count). The molecule has 0 aromatic carbocycles. The van der Waals surface area contributed by atoms with Gasteiger partial charge in [0.2, 0.25) is 0 Å². The zero-order chi connectivity index (χ0) is 8.81. The van der Waals surface area contributed by atoms with Crippen molar-refractivity contribution in [2.24, 2.45) is 4.99 Å². The highest BCUT2D eigenvalue weighted by Crippen LogP contribution is 2.08. The van der Waals surface area contributed by atoms with Crippen LogP contribution >= 0.6 is 0 Å². The van der Waals surface area contributed by atoms with Crippen LogP contribution in [0.2, 0.25) is 0 Å². The maximum Gasteiger partial charge on any atom is 0.0987 e. The van der Waals surface area contributed by atoms with Crippen LogP contribution < -0.4 is 0 Å². The van der Waals surface area contributed by atoms with Crippen LogP contribution in [0.4, 0.5) is 0 Å². The van der Waals surface area contributed by atoms with Gasteiger partial charge in [-0.05, 0) is 6.42 Å². The second-order valence-electron chi connectivity index (χ2n) is 3.53. The number of hydrogen-bond donors (Lipinski definition) is 0. The Hall–Kier alpha value is -0.530. The van der Waals surface area contributed by atoms with E-state index in [9.17, 15) is 0 Å². The van der Waals surface area contributed by atoms with E-state index in [1.807, 2.05) is 0 Å². The second-order valence-corrected chi connectivity index (χ2v) is 3.53. The Balaban J connectivity index is 2.06. The monoisotopic (exact) mass is 168 g/mol. The van der Waals surface area contributed by atoms with Crippen molar-refractivity contribution >= 4 is 5.84 Å². The van der Waals surface area contributed by atoms with Crippen molar-refractivity contribution in [3.05, 3.63) is 0 Å². The Morgan fingerprint density at radius 2 is 2.17 bits per heavy atom. The molecular formula is C10H20N2. The van der Waals surface area contributed by atoms with Crippen molar-refractivity contribution in [1.82, 2.24) is 4.90 Å². The Labute approximate surface area is 75.7 Å². The summed E-state index contributed by atoms with van der Waals surface area (Å²) in [5.74, 6) is 1.33. The van der Waals surface area contributed by atoms with Gasteiger partial charge in [-0.25, -0.2) is 0 Å². The van der Waals surface area contributed by atoms with Crippen molar-refractivity contribution < 1.29 is 0 Å². The number of hydrogen-bond acceptors (Lipinski definition) is 2. The number of likely N-dealkylation sites (N-methyl/N-ethyl adjacent to an activating group) is 1. The largest absolute Gasteiger partial charge is 0.362 e. The number of amidine groups is 1. The van der Waals surface area contributed by atoms with Gasteiger partial charge in [-0.15, -0.1) is 0 Å². The Morgan fingerprint density at radius 3 is 2.75 bits per heavy atom. The summed E-state index contributed by atoms with van der Waals surface area (Å²) >= 11 is 0. The third kappa shape index (κ3) is 2.84. The van der Waals surface area contributed by atoms with Gasteiger partial charge < -0.3 is 4.90 Å². The summed E-state index contributed by atoms with van der Waals surface area (Å²) < 4.78 is 0. The lowest BCUT2D eigenvalue weighted by atomic mass is 10.1. The molecule has 0 bridgehead atoms. The van der Waals surface area contributed by atoms with Crippen LogP contribution in [0.5, 0.6) is 0 Å². The average molecular weight is 168 g/mol. The molecule has 0 fully saturated rings. The number of aliphatic imine (C=N–C) groups is 1. The molecule has 12 heavy (non-hydrogen) atoms. The van der Waals surface area contributed by atoms with E-state index in [1.165, 1.54) is 37.9 Å². The van der Waals surface area contributed by atoms with E-state index in [2.05, 4.69) is 23.9 Å². The molecule has 0 unspecified atom stereocenters. The quantitative estimate of drug-likeness (QED) is 0.575. The number of rotatable bonds is 5. The first kappa shape index (κ1) is 9.56. The van der Waals surface area contributed by atoms with Crippen LogP contribution in [0, 0.1) is 0 Å². The van der Waals surface area contributed by atoms with E-state index in [-0.39, 0.29) is 0 Å². The minimum Gasteiger partial charge on any atom is -0.362 e. The predicted molar refractivity (Wildman–Crippen MR) is 53.7 cm³/mol. The fourth-order valence-electron chi connectivity index (χ4n) is 1.56. The van der Waals surface area contributed by atoms with E-state index in [1.54, 1.807) is 0 Å². The molecular weight excluding hydrogens is 148 g/mol. The van der Waals surface area contributed by atoms with Gasteiger partial charge >= 0.3 is 0 Å². The Bertz CT molecular complexity index is 152. The van der Waals surface area contributed by atoms with E-state index in [0.29, 0.717) is 0 Å². The molecule has 1 aliphatic heterocycles. The van der Waals surface area contributed by atoms with Gasteiger partial charge in [0.15, 0.2) is 0 Å². The van der Waals surface area contributed by atoms with Gasteiger partial charge in [-0.3, -0.25) is 4.99 Å². The molecule has 0 amide bonds. The minimum absolute atomic E-state index is 1.01. The van der Waals surface area contributed by atoms with Crippen molar-refractivity contribution in [3.8, 4) is 0 Å². The van der Waals surface area contributed by atoms with Crippen molar-refractivity contribution in [2.75, 3.05) is 20.1 Å². The smallest absolute Gasteiger partial charge is 0.0987 e. The highest BCUT2D eigenvalue weighted by molar-refractivity contribution is 5.83. The van der Waals surface area contributed by atoms with Crippen LogP contribution in [0.3, 0.4) is 0 Å². The van der Waals surface area contributed by atoms with E-state index in [4.69, 9.17) is 0 Å². The number of nitrogens with zero attached hydrogens (tertiary/aromatic N) is 2. The summed E-state index contributed by atoms with van der Waals surface area (Å²) in [4.78, 5) is 6.74. The molecule has 1 aliphatic rings. The normalized spacial score (nSPS) is 16.8. The molecule has 0 aromatic heterocycles. The molecule has 0 saturated carbocycles. The molecule has 0 aromatic rings. The molecule has 0 radical (unpaired) electrons. The molecule has 2 nitrogen and oxygen atoms in total. The summed E-state index contributed by atoms with van der Waals surface area (Å²) in [7, 11) is 2.14. The molecule has 0 saturated heterocycles. The Kier molecular flexibility index (Phi) is 4.12. The van der Waals surface area contributed by atoms with Crippen LogP contribution in [0.25, 0.3) is 0 Å². The Morgan fingerprint density at radius 1 is 1.33 bits per heavy atom. The van der Waals surface area contributed by atoms with Gasteiger partial charge in [-0.2, -0.15) is 0 Å². The molecule has 0 aliphatic carbocycles. The SMILES string of the molecule is CCCCCCC1=NCCN1C. The fraction of sp³-hybridized carbons (Fsp3) is 0.900. The minimum atomic E-state index is 1.01. The van der Waals surface area contributed by atoms with Crippen LogP contribution in [-0.4, -0.2) is 30.9 Å². The van der Waals surface area contributed by atoms with Crippen molar-refractivity contribution in [3.63, 3.8) is 0 Å². The maximum absolute atomic E-state index is 4.46. The molecule has 0 atom stereocenters. The third-order valence-corrected chi connectivity index (χ3v) is 2.42. The zero-order valence-corrected chi connectivity index (χ0v) is 8.34. The highest BCUT2D eigenvalue weighted by Gasteiger charge is 2.10. The molecule has 1 heterocycles. The summed E-state index contributed by atoms with van der Waals surface area (Å²) in [5.41, 5.74) is 0. The maximum atomic E-state index is 4.46. The summed E-state index contributed by atoms with van der Waals surface area (Å²) in [6.07, 6.45) is 6.57. The van der Waals surface area contributed by atoms with Gasteiger partial charge in [0.05, 0.1) is 12.4 Å². The summed E-state index contributed by atoms with van der Waals surface area (Å²) in [5, 5.41) is 0. The van der Waals surface area contributed by atoms with Crippen LogP contribution in [-0.2, 0) is 0 Å². The lowest BCUT2D eigenvalue weighted by Crippen LogP contribution is -2.22. The predicted octanol–water partition coefficient (Wildman–Crippen LogP) is 2.30. The molecule has 70 valence electrons. The summed E-state index contributed by atoms with van der Waals surface area (Å²) in [6, 6.07) is 0. The van der Waals surface area contributed by atoms with E-state index < -0.39 is 0 Å². The van der Waals surface area contributed by atoms with Crippen LogP contribution in [0.1, 0.15) is 39.0 Å². The van der Waals surface area contributed by atoms with Gasteiger partial charge in [-0.1, -0.05) is 26.2 Å². The van der Waals surface area contributed by atoms with Crippen molar-refractivity contribution in [1.29, 1.82) is 0 Å². The lowest BCUT2D eigenvalue weighted by Gasteiger charge is -2.12. The summed E-state index contributed by atoms with van der Waals surface area (Å²) in [6.45, 7) is 4.39. The highest BCUT2D eigenvalue weighted by atomic mass is 15.2.